The van der Waals surface area contributed by atoms with Crippen LogP contribution < -0.4 is 4.98 Å². The van der Waals surface area contributed by atoms with Crippen LogP contribution in [0.25, 0.3) is 0 Å². The van der Waals surface area contributed by atoms with E-state index in [-0.39, 0.29) is 12.4 Å². The molecule has 0 aliphatic heterocycles. The van der Waals surface area contributed by atoms with Gasteiger partial charge >= 0.3 is 0 Å². The molecule has 72 valence electrons. The van der Waals surface area contributed by atoms with E-state index in [0.29, 0.717) is 16.8 Å². The monoisotopic (exact) mass is 184 g/mol. The van der Waals surface area contributed by atoms with Gasteiger partial charge in [-0.05, 0) is 6.92 Å². The van der Waals surface area contributed by atoms with Crippen LogP contribution in [0.5, 0.6) is 5.75 Å². The van der Waals surface area contributed by atoms with E-state index in [9.17, 15) is 10.2 Å². The summed E-state index contributed by atoms with van der Waals surface area (Å²) in [6, 6.07) is 0. The Morgan fingerprint density at radius 3 is 2.62 bits per heavy atom. The summed E-state index contributed by atoms with van der Waals surface area (Å²) in [6.07, 6.45) is 0.885. The minimum absolute atomic E-state index is 0.0147. The molecule has 0 spiro atoms. The van der Waals surface area contributed by atoms with Crippen LogP contribution in [0, 0.1) is 6.92 Å². The van der Waals surface area contributed by atoms with E-state index in [4.69, 9.17) is 5.11 Å². The van der Waals surface area contributed by atoms with Crippen LogP contribution in [0.4, 0.5) is 0 Å². The van der Waals surface area contributed by atoms with Gasteiger partial charge in [-0.25, -0.2) is 4.98 Å². The van der Waals surface area contributed by atoms with Gasteiger partial charge in [0.2, 0.25) is 5.69 Å². The van der Waals surface area contributed by atoms with Crippen LogP contribution in [0.3, 0.4) is 0 Å². The quantitative estimate of drug-likeness (QED) is 0.608. The third-order valence-corrected chi connectivity index (χ3v) is 2.04. The average Bonchev–Trinajstić information content (AvgIpc) is 2.09. The van der Waals surface area contributed by atoms with Crippen molar-refractivity contribution in [2.45, 2.75) is 26.6 Å². The fourth-order valence-corrected chi connectivity index (χ4v) is 1.24. The Kier molecular flexibility index (Phi) is 2.85. The third kappa shape index (κ3) is 1.79. The fourth-order valence-electron chi connectivity index (χ4n) is 1.24. The van der Waals surface area contributed by atoms with Crippen molar-refractivity contribution in [1.29, 1.82) is 0 Å². The summed E-state index contributed by atoms with van der Waals surface area (Å²) in [5.74, 6) is 0.0147. The van der Waals surface area contributed by atoms with E-state index < -0.39 is 6.10 Å². The van der Waals surface area contributed by atoms with E-state index in [1.807, 2.05) is 0 Å². The Hall–Kier alpha value is -1.13. The van der Waals surface area contributed by atoms with Crippen LogP contribution in [-0.4, -0.2) is 15.3 Å². The lowest BCUT2D eigenvalue weighted by Gasteiger charge is -2.08. The number of nitrogens with one attached hydrogen (secondary N) is 1. The van der Waals surface area contributed by atoms with E-state index in [2.05, 4.69) is 4.98 Å². The first-order chi connectivity index (χ1) is 6.07. The molecule has 0 saturated heterocycles. The van der Waals surface area contributed by atoms with E-state index in [1.165, 1.54) is 0 Å². The van der Waals surface area contributed by atoms with E-state index in [1.54, 1.807) is 20.0 Å². The minimum atomic E-state index is -0.704. The number of aromatic amines is 1. The molecule has 0 aliphatic rings. The maximum atomic E-state index is 9.52. The van der Waals surface area contributed by atoms with Gasteiger partial charge in [0.05, 0.1) is 18.3 Å². The zero-order chi connectivity index (χ0) is 10.0. The van der Waals surface area contributed by atoms with Gasteiger partial charge in [0.25, 0.3) is 0 Å². The summed E-state index contributed by atoms with van der Waals surface area (Å²) in [4.78, 5) is 2.80. The van der Waals surface area contributed by atoms with Crippen molar-refractivity contribution in [2.75, 3.05) is 0 Å². The van der Waals surface area contributed by atoms with Crippen molar-refractivity contribution in [3.63, 3.8) is 0 Å². The molecule has 0 fully saturated rings. The molecule has 4 N–H and O–H groups in total. The van der Waals surface area contributed by atoms with Crippen molar-refractivity contribution in [3.8, 4) is 5.75 Å². The van der Waals surface area contributed by atoms with Crippen molar-refractivity contribution >= 4 is 0 Å². The number of aromatic hydroxyl groups is 1. The number of aliphatic hydroxyl groups excluding tert-OH is 2. The Morgan fingerprint density at radius 1 is 1.54 bits per heavy atom. The molecule has 1 rings (SSSR count). The number of pyridine rings is 1. The summed E-state index contributed by atoms with van der Waals surface area (Å²) in [6.45, 7) is 3.00. The first-order valence-electron chi connectivity index (χ1n) is 4.09. The van der Waals surface area contributed by atoms with Crippen LogP contribution in [0.2, 0.25) is 0 Å². The molecule has 1 aromatic rings. The summed E-state index contributed by atoms with van der Waals surface area (Å²) in [5, 5.41) is 27.8. The van der Waals surface area contributed by atoms with Crippen molar-refractivity contribution < 1.29 is 20.3 Å². The topological polar surface area (TPSA) is 74.8 Å². The summed E-state index contributed by atoms with van der Waals surface area (Å²) in [5.41, 5.74) is 1.48. The summed E-state index contributed by atoms with van der Waals surface area (Å²) in [7, 11) is 0. The highest BCUT2D eigenvalue weighted by Gasteiger charge is 2.17. The number of rotatable bonds is 2. The number of aryl methyl sites for hydroxylation is 1. The number of hydrogen-bond acceptors (Lipinski definition) is 3. The molecule has 4 heteroatoms. The first kappa shape index (κ1) is 9.95. The zero-order valence-electron chi connectivity index (χ0n) is 7.70. The molecule has 0 bridgehead atoms. The van der Waals surface area contributed by atoms with Crippen LogP contribution in [0.1, 0.15) is 29.8 Å². The first-order valence-corrected chi connectivity index (χ1v) is 4.09. The van der Waals surface area contributed by atoms with Gasteiger partial charge in [0.1, 0.15) is 0 Å². The second kappa shape index (κ2) is 3.72. The van der Waals surface area contributed by atoms with Gasteiger partial charge in [-0.2, -0.15) is 0 Å². The molecule has 0 saturated carbocycles. The molecule has 0 amide bonds. The molecule has 1 atom stereocenters. The molecule has 4 nitrogen and oxygen atoms in total. The van der Waals surface area contributed by atoms with Crippen LogP contribution in [0.15, 0.2) is 6.20 Å². The highest BCUT2D eigenvalue weighted by Crippen LogP contribution is 2.25. The van der Waals surface area contributed by atoms with Gasteiger partial charge in [0.15, 0.2) is 11.9 Å². The number of hydrogen-bond donors (Lipinski definition) is 3. The summed E-state index contributed by atoms with van der Waals surface area (Å²) < 4.78 is 0. The molecular formula is C9H14NO3+. The third-order valence-electron chi connectivity index (χ3n) is 2.04. The highest BCUT2D eigenvalue weighted by molar-refractivity contribution is 5.38. The Labute approximate surface area is 76.5 Å². The molecule has 0 aliphatic carbocycles. The molecule has 1 unspecified atom stereocenters. The predicted octanol–water partition coefficient (Wildman–Crippen LogP) is 0.0603. The molecule has 1 heterocycles. The van der Waals surface area contributed by atoms with Gasteiger partial charge in [-0.3, -0.25) is 0 Å². The molecule has 0 radical (unpaired) electrons. The van der Waals surface area contributed by atoms with Gasteiger partial charge < -0.3 is 15.3 Å². The van der Waals surface area contributed by atoms with Crippen molar-refractivity contribution in [1.82, 2.24) is 0 Å². The van der Waals surface area contributed by atoms with E-state index in [0.717, 1.165) is 0 Å². The van der Waals surface area contributed by atoms with Crippen LogP contribution >= 0.6 is 0 Å². The zero-order valence-corrected chi connectivity index (χ0v) is 7.70. The molecule has 0 aromatic carbocycles. The second-order valence-electron chi connectivity index (χ2n) is 3.03. The lowest BCUT2D eigenvalue weighted by Crippen LogP contribution is -2.13. The maximum Gasteiger partial charge on any atom is 0.219 e. The Morgan fingerprint density at radius 2 is 2.15 bits per heavy atom. The van der Waals surface area contributed by atoms with Crippen LogP contribution in [-0.2, 0) is 6.61 Å². The smallest absolute Gasteiger partial charge is 0.219 e. The Bertz CT molecular complexity index is 310. The molecular weight excluding hydrogens is 170 g/mol. The second-order valence-corrected chi connectivity index (χ2v) is 3.03. The standard InChI is InChI=1S/C9H13NO3/c1-5-9(13)8(4-11)7(3-10-5)6(2)12/h3,6,11-13H,4H2,1-2H3/p+1. The molecule has 13 heavy (non-hydrogen) atoms. The number of aromatic nitrogens is 1. The Balaban J connectivity index is 3.30. The lowest BCUT2D eigenvalue weighted by atomic mass is 10.0. The summed E-state index contributed by atoms with van der Waals surface area (Å²) >= 11 is 0. The maximum absolute atomic E-state index is 9.52. The van der Waals surface area contributed by atoms with Crippen molar-refractivity contribution in [2.24, 2.45) is 0 Å². The number of H-pyrrole nitrogens is 1. The molecule has 1 aromatic heterocycles. The predicted molar refractivity (Wildman–Crippen MR) is 46.0 cm³/mol. The average molecular weight is 184 g/mol. The van der Waals surface area contributed by atoms with Gasteiger partial charge in [-0.15, -0.1) is 0 Å². The lowest BCUT2D eigenvalue weighted by molar-refractivity contribution is -0.390. The highest BCUT2D eigenvalue weighted by atomic mass is 16.3. The minimum Gasteiger partial charge on any atom is -0.502 e. The van der Waals surface area contributed by atoms with Gasteiger partial charge in [-0.1, -0.05) is 0 Å². The van der Waals surface area contributed by atoms with Crippen molar-refractivity contribution in [3.05, 3.63) is 23.0 Å². The number of aliphatic hydroxyl groups is 2. The normalized spacial score (nSPS) is 12.9. The fraction of sp³-hybridized carbons (Fsp3) is 0.444. The SMILES string of the molecule is Cc1[nH+]cc(C(C)O)c(CO)c1O. The van der Waals surface area contributed by atoms with E-state index >= 15 is 0 Å². The largest absolute Gasteiger partial charge is 0.502 e. The van der Waals surface area contributed by atoms with Gasteiger partial charge in [0, 0.05) is 12.5 Å².